The fraction of sp³-hybridized carbons (Fsp3) is 0.0833. The minimum atomic E-state index is 0.532. The molecule has 0 unspecified atom stereocenters. The van der Waals surface area contributed by atoms with Crippen molar-refractivity contribution in [3.8, 4) is 5.69 Å². The molecule has 7 heteroatoms. The maximum Gasteiger partial charge on any atom is 0.248 e. The van der Waals surface area contributed by atoms with E-state index in [9.17, 15) is 0 Å². The van der Waals surface area contributed by atoms with Crippen LogP contribution in [0.5, 0.6) is 0 Å². The van der Waals surface area contributed by atoms with Gasteiger partial charge in [0, 0.05) is 4.47 Å². The molecule has 96 valence electrons. The molecule has 0 bridgehead atoms. The Kier molecular flexibility index (Phi) is 3.28. The minimum absolute atomic E-state index is 0.532. The monoisotopic (exact) mass is 319 g/mol. The number of anilines is 1. The van der Waals surface area contributed by atoms with Crippen LogP contribution in [0.1, 0.15) is 5.76 Å². The highest BCUT2D eigenvalue weighted by Gasteiger charge is 2.08. The van der Waals surface area contributed by atoms with E-state index in [0.717, 1.165) is 15.9 Å². The molecule has 0 radical (unpaired) electrons. The summed E-state index contributed by atoms with van der Waals surface area (Å²) in [6, 6.07) is 11.5. The zero-order valence-corrected chi connectivity index (χ0v) is 11.4. The van der Waals surface area contributed by atoms with Crippen molar-refractivity contribution in [1.82, 2.24) is 20.2 Å². The highest BCUT2D eigenvalue weighted by molar-refractivity contribution is 9.10. The van der Waals surface area contributed by atoms with Gasteiger partial charge in [0.25, 0.3) is 0 Å². The molecule has 1 aromatic carbocycles. The lowest BCUT2D eigenvalue weighted by Crippen LogP contribution is -2.06. The third-order valence-electron chi connectivity index (χ3n) is 2.54. The van der Waals surface area contributed by atoms with Gasteiger partial charge in [0.1, 0.15) is 5.76 Å². The Morgan fingerprint density at radius 2 is 2.05 bits per heavy atom. The molecular weight excluding hydrogens is 310 g/mol. The molecule has 0 amide bonds. The zero-order chi connectivity index (χ0) is 13.1. The summed E-state index contributed by atoms with van der Waals surface area (Å²) in [6.45, 7) is 0.532. The van der Waals surface area contributed by atoms with Gasteiger partial charge in [0.2, 0.25) is 5.95 Å². The maximum atomic E-state index is 5.25. The van der Waals surface area contributed by atoms with Crippen LogP contribution in [-0.2, 0) is 6.54 Å². The second kappa shape index (κ2) is 5.23. The number of benzene rings is 1. The minimum Gasteiger partial charge on any atom is -0.467 e. The number of nitrogens with zero attached hydrogens (tertiary/aromatic N) is 4. The Hall–Kier alpha value is -2.15. The number of hydrogen-bond donors (Lipinski definition) is 1. The summed E-state index contributed by atoms with van der Waals surface area (Å²) in [6.07, 6.45) is 1.63. The maximum absolute atomic E-state index is 5.25. The molecule has 0 aliphatic rings. The average Bonchev–Trinajstić information content (AvgIpc) is 3.08. The van der Waals surface area contributed by atoms with Gasteiger partial charge in [-0.05, 0) is 46.8 Å². The molecule has 0 saturated heterocycles. The summed E-state index contributed by atoms with van der Waals surface area (Å²) in [7, 11) is 0. The Morgan fingerprint density at radius 3 is 2.79 bits per heavy atom. The summed E-state index contributed by atoms with van der Waals surface area (Å²) >= 11 is 3.40. The molecule has 2 heterocycles. The number of hydrogen-bond acceptors (Lipinski definition) is 5. The van der Waals surface area contributed by atoms with Crippen molar-refractivity contribution < 1.29 is 4.42 Å². The van der Waals surface area contributed by atoms with Gasteiger partial charge in [-0.25, -0.2) is 0 Å². The molecule has 19 heavy (non-hydrogen) atoms. The molecule has 6 nitrogen and oxygen atoms in total. The number of aromatic nitrogens is 4. The molecule has 0 spiro atoms. The van der Waals surface area contributed by atoms with E-state index in [1.807, 2.05) is 36.4 Å². The standard InChI is InChI=1S/C12H10BrN5O/c13-9-3-5-10(6-4-9)18-12(15-16-17-18)14-8-11-2-1-7-19-11/h1-7H,8H2,(H,14,15,17). The van der Waals surface area contributed by atoms with Gasteiger partial charge in [-0.1, -0.05) is 21.0 Å². The number of halogens is 1. The fourth-order valence-electron chi connectivity index (χ4n) is 1.63. The molecular formula is C12H10BrN5O. The summed E-state index contributed by atoms with van der Waals surface area (Å²) in [5.74, 6) is 1.39. The highest BCUT2D eigenvalue weighted by Crippen LogP contribution is 2.16. The Bertz CT molecular complexity index is 647. The smallest absolute Gasteiger partial charge is 0.248 e. The van der Waals surface area contributed by atoms with Crippen molar-refractivity contribution in [2.75, 3.05) is 5.32 Å². The van der Waals surface area contributed by atoms with Gasteiger partial charge in [0.05, 0.1) is 18.5 Å². The lowest BCUT2D eigenvalue weighted by atomic mass is 10.3. The van der Waals surface area contributed by atoms with Crippen LogP contribution >= 0.6 is 15.9 Å². The van der Waals surface area contributed by atoms with E-state index in [4.69, 9.17) is 4.42 Å². The SMILES string of the molecule is Brc1ccc(-n2nnnc2NCc2ccco2)cc1. The van der Waals surface area contributed by atoms with Crippen molar-refractivity contribution >= 4 is 21.9 Å². The Balaban J connectivity index is 1.80. The van der Waals surface area contributed by atoms with Crippen LogP contribution in [0.3, 0.4) is 0 Å². The first-order valence-electron chi connectivity index (χ1n) is 5.63. The number of nitrogens with one attached hydrogen (secondary N) is 1. The van der Waals surface area contributed by atoms with Crippen LogP contribution in [0.15, 0.2) is 51.6 Å². The van der Waals surface area contributed by atoms with Crippen LogP contribution in [0.2, 0.25) is 0 Å². The van der Waals surface area contributed by atoms with Crippen molar-refractivity contribution in [2.45, 2.75) is 6.54 Å². The van der Waals surface area contributed by atoms with E-state index in [1.165, 1.54) is 0 Å². The highest BCUT2D eigenvalue weighted by atomic mass is 79.9. The molecule has 3 aromatic rings. The topological polar surface area (TPSA) is 68.8 Å². The third kappa shape index (κ3) is 2.65. The van der Waals surface area contributed by atoms with Gasteiger partial charge in [0.15, 0.2) is 0 Å². The van der Waals surface area contributed by atoms with Crippen molar-refractivity contribution in [3.05, 3.63) is 52.9 Å². The zero-order valence-electron chi connectivity index (χ0n) is 9.82. The molecule has 3 rings (SSSR count). The lowest BCUT2D eigenvalue weighted by Gasteiger charge is -2.05. The van der Waals surface area contributed by atoms with Gasteiger partial charge in [-0.3, -0.25) is 0 Å². The van der Waals surface area contributed by atoms with E-state index in [0.29, 0.717) is 12.5 Å². The molecule has 0 atom stereocenters. The fourth-order valence-corrected chi connectivity index (χ4v) is 1.90. The predicted octanol–water partition coefficient (Wildman–Crippen LogP) is 2.63. The predicted molar refractivity (Wildman–Crippen MR) is 72.9 cm³/mol. The molecule has 0 aliphatic carbocycles. The van der Waals surface area contributed by atoms with E-state index in [2.05, 4.69) is 36.8 Å². The second-order valence-corrected chi connectivity index (χ2v) is 4.74. The molecule has 2 aromatic heterocycles. The molecule has 0 fully saturated rings. The van der Waals surface area contributed by atoms with Gasteiger partial charge in [-0.15, -0.1) is 0 Å². The van der Waals surface area contributed by atoms with Crippen LogP contribution in [0.25, 0.3) is 5.69 Å². The first-order chi connectivity index (χ1) is 9.33. The third-order valence-corrected chi connectivity index (χ3v) is 3.07. The molecule has 0 aliphatic heterocycles. The van der Waals surface area contributed by atoms with Crippen molar-refractivity contribution in [1.29, 1.82) is 0 Å². The first kappa shape index (κ1) is 11.9. The summed E-state index contributed by atoms with van der Waals surface area (Å²) in [5.41, 5.74) is 0.884. The Labute approximate surface area is 117 Å². The van der Waals surface area contributed by atoms with Crippen LogP contribution < -0.4 is 5.32 Å². The van der Waals surface area contributed by atoms with Crippen LogP contribution in [0.4, 0.5) is 5.95 Å². The van der Waals surface area contributed by atoms with Gasteiger partial charge in [-0.2, -0.15) is 4.68 Å². The average molecular weight is 320 g/mol. The summed E-state index contributed by atoms with van der Waals surface area (Å²) < 4.78 is 7.89. The van der Waals surface area contributed by atoms with E-state index >= 15 is 0 Å². The van der Waals surface area contributed by atoms with Gasteiger partial charge >= 0.3 is 0 Å². The Morgan fingerprint density at radius 1 is 1.21 bits per heavy atom. The first-order valence-corrected chi connectivity index (χ1v) is 6.43. The van der Waals surface area contributed by atoms with Crippen LogP contribution in [0, 0.1) is 0 Å². The van der Waals surface area contributed by atoms with Gasteiger partial charge < -0.3 is 9.73 Å². The molecule has 0 saturated carbocycles. The normalized spacial score (nSPS) is 10.6. The molecule has 1 N–H and O–H groups in total. The quantitative estimate of drug-likeness (QED) is 0.800. The van der Waals surface area contributed by atoms with E-state index in [1.54, 1.807) is 10.9 Å². The number of rotatable bonds is 4. The van der Waals surface area contributed by atoms with Crippen molar-refractivity contribution in [3.63, 3.8) is 0 Å². The number of tetrazole rings is 1. The van der Waals surface area contributed by atoms with Crippen molar-refractivity contribution in [2.24, 2.45) is 0 Å². The summed E-state index contributed by atoms with van der Waals surface area (Å²) in [5, 5.41) is 14.7. The van der Waals surface area contributed by atoms with E-state index < -0.39 is 0 Å². The number of furan rings is 1. The summed E-state index contributed by atoms with van der Waals surface area (Å²) in [4.78, 5) is 0. The second-order valence-electron chi connectivity index (χ2n) is 3.82. The largest absolute Gasteiger partial charge is 0.467 e. The lowest BCUT2D eigenvalue weighted by molar-refractivity contribution is 0.517. The van der Waals surface area contributed by atoms with E-state index in [-0.39, 0.29) is 0 Å². The van der Waals surface area contributed by atoms with Crippen LogP contribution in [-0.4, -0.2) is 20.2 Å².